The van der Waals surface area contributed by atoms with Crippen LogP contribution in [-0.4, -0.2) is 68.7 Å². The number of aryl methyl sites for hydroxylation is 1. The molecule has 11 nitrogen and oxygen atoms in total. The quantitative estimate of drug-likeness (QED) is 0.473. The number of hydrogen-bond donors (Lipinski definition) is 1. The Kier molecular flexibility index (Phi) is 6.88. The molecule has 36 heavy (non-hydrogen) atoms. The zero-order valence-electron chi connectivity index (χ0n) is 20.2. The third-order valence-electron chi connectivity index (χ3n) is 5.62. The van der Waals surface area contributed by atoms with Crippen LogP contribution in [-0.2, 0) is 16.0 Å². The number of nitrogen functional groups attached to an aromatic ring is 1. The number of aromatic nitrogens is 4. The molecular weight excluding hydrogens is 552 g/mol. The molecule has 2 aromatic heterocycles. The topological polar surface area (TPSA) is 127 Å². The lowest BCUT2D eigenvalue weighted by atomic mass is 10.2. The average molecular weight is 579 g/mol. The lowest BCUT2D eigenvalue weighted by molar-refractivity contribution is -0.0457. The van der Waals surface area contributed by atoms with E-state index >= 15 is 0 Å². The number of morpholine rings is 1. The number of benzene rings is 1. The number of ether oxygens (including phenoxy) is 4. The zero-order chi connectivity index (χ0) is 25.4. The van der Waals surface area contributed by atoms with Crippen LogP contribution in [0.3, 0.4) is 0 Å². The Bertz CT molecular complexity index is 1300. The molecule has 1 unspecified atom stereocenters. The third-order valence-corrected chi connectivity index (χ3v) is 7.59. The number of fused-ring (bicyclic) bond motifs is 2. The number of carbonyl (C=O) groups excluding carboxylic acids is 1. The van der Waals surface area contributed by atoms with Gasteiger partial charge in [0.05, 0.1) is 19.3 Å². The SMILES string of the molecule is CC(C)(C)OC(=O)N1CCOC(CCn2c(Sc3cc4c(cc3Br)OCO4)nc3c(N)ncnc32)C1. The van der Waals surface area contributed by atoms with E-state index < -0.39 is 5.60 Å². The van der Waals surface area contributed by atoms with Gasteiger partial charge in [-0.2, -0.15) is 0 Å². The molecule has 0 spiro atoms. The summed E-state index contributed by atoms with van der Waals surface area (Å²) in [5, 5.41) is 0.705. The molecular formula is C23H27BrN6O5S. The molecule has 0 saturated carbocycles. The van der Waals surface area contributed by atoms with E-state index in [-0.39, 0.29) is 19.0 Å². The van der Waals surface area contributed by atoms with Crippen molar-refractivity contribution in [3.8, 4) is 11.5 Å². The monoisotopic (exact) mass is 578 g/mol. The zero-order valence-corrected chi connectivity index (χ0v) is 22.6. The first-order valence-corrected chi connectivity index (χ1v) is 13.1. The second-order valence-corrected chi connectivity index (χ2v) is 11.3. The minimum atomic E-state index is -0.546. The summed E-state index contributed by atoms with van der Waals surface area (Å²) in [6, 6.07) is 3.80. The highest BCUT2D eigenvalue weighted by Gasteiger charge is 2.29. The van der Waals surface area contributed by atoms with Gasteiger partial charge >= 0.3 is 6.09 Å². The number of carbonyl (C=O) groups is 1. The minimum absolute atomic E-state index is 0.155. The van der Waals surface area contributed by atoms with E-state index in [4.69, 9.17) is 29.7 Å². The van der Waals surface area contributed by atoms with Gasteiger partial charge in [0.25, 0.3) is 0 Å². The Morgan fingerprint density at radius 1 is 1.28 bits per heavy atom. The number of amides is 1. The maximum Gasteiger partial charge on any atom is 0.410 e. The molecule has 2 N–H and O–H groups in total. The molecule has 1 atom stereocenters. The summed E-state index contributed by atoms with van der Waals surface area (Å²) in [6.07, 6.45) is 1.60. The highest BCUT2D eigenvalue weighted by atomic mass is 79.9. The predicted molar refractivity (Wildman–Crippen MR) is 136 cm³/mol. The molecule has 1 aromatic carbocycles. The van der Waals surface area contributed by atoms with Crippen molar-refractivity contribution < 1.29 is 23.7 Å². The number of imidazole rings is 1. The first-order chi connectivity index (χ1) is 17.2. The van der Waals surface area contributed by atoms with E-state index in [9.17, 15) is 4.79 Å². The van der Waals surface area contributed by atoms with E-state index in [1.54, 1.807) is 4.90 Å². The van der Waals surface area contributed by atoms with Crippen LogP contribution in [0.25, 0.3) is 11.2 Å². The summed E-state index contributed by atoms with van der Waals surface area (Å²) in [6.45, 7) is 7.74. The van der Waals surface area contributed by atoms with E-state index in [2.05, 4.69) is 25.9 Å². The summed E-state index contributed by atoms with van der Waals surface area (Å²) in [5.41, 5.74) is 6.74. The molecule has 0 bridgehead atoms. The van der Waals surface area contributed by atoms with Crippen molar-refractivity contribution in [2.75, 3.05) is 32.2 Å². The van der Waals surface area contributed by atoms with Gasteiger partial charge in [0.15, 0.2) is 33.6 Å². The molecule has 192 valence electrons. The van der Waals surface area contributed by atoms with Crippen LogP contribution in [0, 0.1) is 0 Å². The smallest absolute Gasteiger partial charge is 0.410 e. The van der Waals surface area contributed by atoms with Crippen LogP contribution < -0.4 is 15.2 Å². The van der Waals surface area contributed by atoms with E-state index in [1.807, 2.05) is 37.5 Å². The molecule has 13 heteroatoms. The van der Waals surface area contributed by atoms with Crippen molar-refractivity contribution >= 4 is 50.8 Å². The van der Waals surface area contributed by atoms with Gasteiger partial charge in [-0.1, -0.05) is 11.8 Å². The number of hydrogen-bond acceptors (Lipinski definition) is 10. The fourth-order valence-corrected chi connectivity index (χ4v) is 5.46. The maximum absolute atomic E-state index is 12.5. The van der Waals surface area contributed by atoms with Gasteiger partial charge < -0.3 is 34.1 Å². The summed E-state index contributed by atoms with van der Waals surface area (Å²) < 4.78 is 25.4. The normalized spacial score (nSPS) is 17.6. The average Bonchev–Trinajstić information content (AvgIpc) is 3.41. The van der Waals surface area contributed by atoms with Gasteiger partial charge in [0, 0.05) is 22.5 Å². The standard InChI is InChI=1S/C23H27BrN6O5S/c1-23(2,3)35-22(31)29-6-7-32-13(10-29)4-5-30-20-18(19(25)26-11-27-20)28-21(30)36-17-9-16-15(8-14(17)24)33-12-34-16/h8-9,11,13H,4-7,10,12H2,1-3H3,(H2,25,26,27). The van der Waals surface area contributed by atoms with Gasteiger partial charge in [-0.05, 0) is 55.3 Å². The number of anilines is 1. The highest BCUT2D eigenvalue weighted by molar-refractivity contribution is 9.10. The lowest BCUT2D eigenvalue weighted by Crippen LogP contribution is -2.47. The first-order valence-electron chi connectivity index (χ1n) is 11.5. The Morgan fingerprint density at radius 3 is 2.83 bits per heavy atom. The van der Waals surface area contributed by atoms with Gasteiger partial charge in [0.1, 0.15) is 11.9 Å². The van der Waals surface area contributed by atoms with E-state index in [1.165, 1.54) is 18.1 Å². The second-order valence-electron chi connectivity index (χ2n) is 9.42. The molecule has 1 amide bonds. The van der Waals surface area contributed by atoms with E-state index in [0.29, 0.717) is 66.3 Å². The van der Waals surface area contributed by atoms with Crippen LogP contribution in [0.1, 0.15) is 27.2 Å². The summed E-state index contributed by atoms with van der Waals surface area (Å²) in [7, 11) is 0. The second kappa shape index (κ2) is 9.94. The summed E-state index contributed by atoms with van der Waals surface area (Å²) >= 11 is 5.08. The van der Waals surface area contributed by atoms with Gasteiger partial charge in [-0.25, -0.2) is 19.7 Å². The molecule has 0 aliphatic carbocycles. The lowest BCUT2D eigenvalue weighted by Gasteiger charge is -2.34. The van der Waals surface area contributed by atoms with Crippen molar-refractivity contribution in [2.45, 2.75) is 55.5 Å². The Balaban J connectivity index is 1.36. The molecule has 3 aromatic rings. The first kappa shape index (κ1) is 24.9. The van der Waals surface area contributed by atoms with Crippen LogP contribution in [0.4, 0.5) is 10.6 Å². The Labute approximate surface area is 220 Å². The summed E-state index contributed by atoms with van der Waals surface area (Å²) in [5.74, 6) is 1.69. The van der Waals surface area contributed by atoms with Gasteiger partial charge in [-0.15, -0.1) is 0 Å². The van der Waals surface area contributed by atoms with Crippen molar-refractivity contribution in [1.29, 1.82) is 0 Å². The molecule has 1 fully saturated rings. The number of nitrogens with zero attached hydrogens (tertiary/aromatic N) is 5. The van der Waals surface area contributed by atoms with Gasteiger partial charge in [-0.3, -0.25) is 0 Å². The Morgan fingerprint density at radius 2 is 2.06 bits per heavy atom. The van der Waals surface area contributed by atoms with Crippen LogP contribution in [0.5, 0.6) is 11.5 Å². The molecule has 4 heterocycles. The molecule has 2 aliphatic rings. The maximum atomic E-state index is 12.5. The largest absolute Gasteiger partial charge is 0.454 e. The molecule has 1 saturated heterocycles. The van der Waals surface area contributed by atoms with Crippen molar-refractivity contribution in [2.24, 2.45) is 0 Å². The van der Waals surface area contributed by atoms with Crippen LogP contribution >= 0.6 is 27.7 Å². The third kappa shape index (κ3) is 5.32. The summed E-state index contributed by atoms with van der Waals surface area (Å²) in [4.78, 5) is 28.4. The predicted octanol–water partition coefficient (Wildman–Crippen LogP) is 4.08. The fourth-order valence-electron chi connectivity index (χ4n) is 3.95. The molecule has 0 radical (unpaired) electrons. The number of rotatable bonds is 5. The Hall–Kier alpha value is -2.77. The fraction of sp³-hybridized carbons (Fsp3) is 0.478. The molecule has 2 aliphatic heterocycles. The van der Waals surface area contributed by atoms with Crippen molar-refractivity contribution in [3.63, 3.8) is 0 Å². The highest BCUT2D eigenvalue weighted by Crippen LogP contribution is 2.43. The van der Waals surface area contributed by atoms with Crippen molar-refractivity contribution in [1.82, 2.24) is 24.4 Å². The van der Waals surface area contributed by atoms with Crippen molar-refractivity contribution in [3.05, 3.63) is 22.9 Å². The van der Waals surface area contributed by atoms with E-state index in [0.717, 1.165) is 9.37 Å². The number of halogens is 1. The van der Waals surface area contributed by atoms with Crippen LogP contribution in [0.2, 0.25) is 0 Å². The van der Waals surface area contributed by atoms with Gasteiger partial charge in [0.2, 0.25) is 6.79 Å². The molecule has 5 rings (SSSR count). The van der Waals surface area contributed by atoms with Crippen LogP contribution in [0.15, 0.2) is 33.0 Å². The number of nitrogens with two attached hydrogens (primary N) is 1. The minimum Gasteiger partial charge on any atom is -0.454 e.